The highest BCUT2D eigenvalue weighted by Crippen LogP contribution is 2.24. The van der Waals surface area contributed by atoms with Crippen molar-refractivity contribution < 1.29 is 4.74 Å². The van der Waals surface area contributed by atoms with Crippen LogP contribution in [-0.4, -0.2) is 31.4 Å². The van der Waals surface area contributed by atoms with E-state index in [9.17, 15) is 0 Å². The number of ether oxygens (including phenoxy) is 1. The Morgan fingerprint density at radius 3 is 2.96 bits per heavy atom. The van der Waals surface area contributed by atoms with Crippen LogP contribution < -0.4 is 10.1 Å². The van der Waals surface area contributed by atoms with Gasteiger partial charge >= 0.3 is 0 Å². The summed E-state index contributed by atoms with van der Waals surface area (Å²) in [5.74, 6) is 1.68. The zero-order chi connectivity index (χ0) is 16.2. The van der Waals surface area contributed by atoms with Crippen molar-refractivity contribution in [2.45, 2.75) is 44.8 Å². The van der Waals surface area contributed by atoms with Crippen LogP contribution in [0, 0.1) is 0 Å². The molecule has 0 spiro atoms. The number of anilines is 1. The quantitative estimate of drug-likeness (QED) is 0.777. The normalized spacial score (nSPS) is 15.5. The predicted molar refractivity (Wildman–Crippen MR) is 89.8 cm³/mol. The number of aromatic nitrogens is 5. The molecule has 0 saturated heterocycles. The van der Waals surface area contributed by atoms with E-state index in [0.717, 1.165) is 17.1 Å². The lowest BCUT2D eigenvalue weighted by Crippen LogP contribution is -2.19. The van der Waals surface area contributed by atoms with E-state index in [1.807, 2.05) is 24.3 Å². The predicted octanol–water partition coefficient (Wildman–Crippen LogP) is 2.84. The lowest BCUT2D eigenvalue weighted by atomic mass is 9.98. The maximum Gasteiger partial charge on any atom is 0.200 e. The molecule has 7 heteroatoms. The van der Waals surface area contributed by atoms with Gasteiger partial charge in [0.1, 0.15) is 11.6 Å². The second-order valence-corrected chi connectivity index (χ2v) is 6.12. The summed E-state index contributed by atoms with van der Waals surface area (Å²) >= 11 is 0. The minimum atomic E-state index is 0.367. The van der Waals surface area contributed by atoms with Crippen molar-refractivity contribution in [3.8, 4) is 5.75 Å². The van der Waals surface area contributed by atoms with Gasteiger partial charge in [-0.05, 0) is 65.9 Å². The molecular formula is C17H20N6O. The van der Waals surface area contributed by atoms with E-state index in [2.05, 4.69) is 38.1 Å². The summed E-state index contributed by atoms with van der Waals surface area (Å²) < 4.78 is 7.53. The third-order valence-electron chi connectivity index (χ3n) is 4.30. The molecule has 2 aromatic heterocycles. The second kappa shape index (κ2) is 6.82. The number of rotatable bonds is 5. The van der Waals surface area contributed by atoms with Crippen LogP contribution in [0.1, 0.15) is 37.7 Å². The Morgan fingerprint density at radius 1 is 1.12 bits per heavy atom. The van der Waals surface area contributed by atoms with Crippen molar-refractivity contribution in [2.75, 3.05) is 5.32 Å². The molecule has 0 atom stereocenters. The summed E-state index contributed by atoms with van der Waals surface area (Å²) in [4.78, 5) is 0. The van der Waals surface area contributed by atoms with Crippen LogP contribution in [0.25, 0.3) is 5.65 Å². The van der Waals surface area contributed by atoms with Crippen LogP contribution in [0.2, 0.25) is 0 Å². The molecule has 0 bridgehead atoms. The van der Waals surface area contributed by atoms with E-state index in [1.165, 1.54) is 36.7 Å². The number of hydrogen-bond donors (Lipinski definition) is 1. The number of nitrogens with zero attached hydrogens (tertiary/aromatic N) is 5. The Bertz CT molecular complexity index is 811. The molecule has 124 valence electrons. The van der Waals surface area contributed by atoms with Gasteiger partial charge in [0, 0.05) is 6.54 Å². The van der Waals surface area contributed by atoms with Crippen molar-refractivity contribution >= 4 is 11.5 Å². The topological polar surface area (TPSA) is 77.2 Å². The molecule has 1 fully saturated rings. The average Bonchev–Trinajstić information content (AvgIpc) is 3.09. The fourth-order valence-electron chi connectivity index (χ4n) is 3.04. The lowest BCUT2D eigenvalue weighted by Gasteiger charge is -2.23. The molecule has 7 nitrogen and oxygen atoms in total. The van der Waals surface area contributed by atoms with Gasteiger partial charge in [-0.3, -0.25) is 0 Å². The van der Waals surface area contributed by atoms with E-state index in [1.54, 1.807) is 0 Å². The number of benzene rings is 1. The Hall–Kier alpha value is -2.70. The van der Waals surface area contributed by atoms with Gasteiger partial charge in [0.15, 0.2) is 5.65 Å². The molecular weight excluding hydrogens is 304 g/mol. The average molecular weight is 324 g/mol. The molecule has 0 aliphatic heterocycles. The first kappa shape index (κ1) is 14.9. The molecule has 1 saturated carbocycles. The highest BCUT2D eigenvalue weighted by Gasteiger charge is 2.14. The molecule has 1 N–H and O–H groups in total. The number of fused-ring (bicyclic) bond motifs is 1. The molecule has 24 heavy (non-hydrogen) atoms. The molecule has 4 rings (SSSR count). The van der Waals surface area contributed by atoms with Crippen LogP contribution in [0.5, 0.6) is 5.75 Å². The fraction of sp³-hybridized carbons (Fsp3) is 0.412. The van der Waals surface area contributed by atoms with Gasteiger partial charge in [-0.1, -0.05) is 18.6 Å². The Balaban J connectivity index is 1.39. The van der Waals surface area contributed by atoms with E-state index in [4.69, 9.17) is 4.74 Å². The van der Waals surface area contributed by atoms with Gasteiger partial charge < -0.3 is 10.1 Å². The van der Waals surface area contributed by atoms with E-state index < -0.39 is 0 Å². The third-order valence-corrected chi connectivity index (χ3v) is 4.30. The largest absolute Gasteiger partial charge is 0.490 e. The van der Waals surface area contributed by atoms with Crippen molar-refractivity contribution in [1.82, 2.24) is 25.3 Å². The van der Waals surface area contributed by atoms with Crippen molar-refractivity contribution in [1.29, 1.82) is 0 Å². The Kier molecular flexibility index (Phi) is 4.22. The fourth-order valence-corrected chi connectivity index (χ4v) is 3.04. The monoisotopic (exact) mass is 324 g/mol. The van der Waals surface area contributed by atoms with Crippen LogP contribution >= 0.6 is 0 Å². The maximum atomic E-state index is 6.12. The summed E-state index contributed by atoms with van der Waals surface area (Å²) in [7, 11) is 0. The SMILES string of the molecule is c1cc(CNc2ccc3nnnn3n2)cc(OC2CCCCC2)c1. The zero-order valence-electron chi connectivity index (χ0n) is 13.4. The van der Waals surface area contributed by atoms with Gasteiger partial charge in [-0.25, -0.2) is 0 Å². The summed E-state index contributed by atoms with van der Waals surface area (Å²) in [6, 6.07) is 11.9. The minimum absolute atomic E-state index is 0.367. The van der Waals surface area contributed by atoms with Crippen LogP contribution in [0.4, 0.5) is 5.82 Å². The van der Waals surface area contributed by atoms with Gasteiger partial charge in [0.05, 0.1) is 6.10 Å². The molecule has 2 heterocycles. The Labute approximate surface area is 140 Å². The van der Waals surface area contributed by atoms with E-state index >= 15 is 0 Å². The smallest absolute Gasteiger partial charge is 0.200 e. The number of tetrazole rings is 1. The van der Waals surface area contributed by atoms with E-state index in [0.29, 0.717) is 18.3 Å². The van der Waals surface area contributed by atoms with Gasteiger partial charge in [-0.15, -0.1) is 14.8 Å². The van der Waals surface area contributed by atoms with Gasteiger partial charge in [0.25, 0.3) is 0 Å². The summed E-state index contributed by atoms with van der Waals surface area (Å²) in [6.45, 7) is 0.669. The van der Waals surface area contributed by atoms with Gasteiger partial charge in [-0.2, -0.15) is 0 Å². The molecule has 0 unspecified atom stereocenters. The highest BCUT2D eigenvalue weighted by atomic mass is 16.5. The van der Waals surface area contributed by atoms with Crippen molar-refractivity contribution in [2.24, 2.45) is 0 Å². The first-order chi connectivity index (χ1) is 11.9. The molecule has 1 aromatic carbocycles. The first-order valence-corrected chi connectivity index (χ1v) is 8.42. The highest BCUT2D eigenvalue weighted by molar-refractivity contribution is 5.43. The lowest BCUT2D eigenvalue weighted by molar-refractivity contribution is 0.155. The van der Waals surface area contributed by atoms with Crippen LogP contribution in [0.3, 0.4) is 0 Å². The van der Waals surface area contributed by atoms with Crippen LogP contribution in [-0.2, 0) is 6.54 Å². The Morgan fingerprint density at radius 2 is 2.04 bits per heavy atom. The molecule has 1 aliphatic rings. The molecule has 0 radical (unpaired) electrons. The number of nitrogens with one attached hydrogen (secondary N) is 1. The third kappa shape index (κ3) is 3.45. The van der Waals surface area contributed by atoms with Gasteiger partial charge in [0.2, 0.25) is 0 Å². The second-order valence-electron chi connectivity index (χ2n) is 6.12. The van der Waals surface area contributed by atoms with Crippen LogP contribution in [0.15, 0.2) is 36.4 Å². The standard InChI is InChI=1S/C17H20N6O/c1-2-6-14(7-3-1)24-15-8-4-5-13(11-15)12-18-16-9-10-17-19-21-22-23(17)20-16/h4-5,8-11,14H,1-3,6-7,12H2,(H,18,20). The number of hydrogen-bond acceptors (Lipinski definition) is 6. The molecule has 3 aromatic rings. The zero-order valence-corrected chi connectivity index (χ0v) is 13.4. The minimum Gasteiger partial charge on any atom is -0.490 e. The molecule has 0 amide bonds. The summed E-state index contributed by atoms with van der Waals surface area (Å²) in [5.41, 5.74) is 1.78. The first-order valence-electron chi connectivity index (χ1n) is 8.42. The van der Waals surface area contributed by atoms with Crippen molar-refractivity contribution in [3.05, 3.63) is 42.0 Å². The molecule has 1 aliphatic carbocycles. The van der Waals surface area contributed by atoms with E-state index in [-0.39, 0.29) is 0 Å². The maximum absolute atomic E-state index is 6.12. The summed E-state index contributed by atoms with van der Waals surface area (Å²) in [6.07, 6.45) is 6.58. The summed E-state index contributed by atoms with van der Waals surface area (Å²) in [5, 5.41) is 18.8. The van der Waals surface area contributed by atoms with Crippen molar-refractivity contribution in [3.63, 3.8) is 0 Å².